The summed E-state index contributed by atoms with van der Waals surface area (Å²) >= 11 is 0. The largest absolute Gasteiger partial charge is 0.495 e. The van der Waals surface area contributed by atoms with Gasteiger partial charge in [0.25, 0.3) is 0 Å². The highest BCUT2D eigenvalue weighted by Gasteiger charge is 2.10. The number of nitrogens with one attached hydrogen (secondary N) is 1. The van der Waals surface area contributed by atoms with Crippen molar-refractivity contribution in [3.63, 3.8) is 0 Å². The van der Waals surface area contributed by atoms with Crippen LogP contribution in [0.15, 0.2) is 36.4 Å². The lowest BCUT2D eigenvalue weighted by Gasteiger charge is -2.11. The number of ether oxygens (including phenoxy) is 3. The lowest BCUT2D eigenvalue weighted by Crippen LogP contribution is -2.07. The molecule has 0 saturated carbocycles. The second-order valence-electron chi connectivity index (χ2n) is 5.38. The summed E-state index contributed by atoms with van der Waals surface area (Å²) in [6.45, 7) is 1.42. The van der Waals surface area contributed by atoms with Gasteiger partial charge in [0.15, 0.2) is 11.5 Å². The first-order valence-electron chi connectivity index (χ1n) is 7.82. The van der Waals surface area contributed by atoms with Crippen molar-refractivity contribution in [2.24, 2.45) is 0 Å². The Morgan fingerprint density at radius 2 is 1.65 bits per heavy atom. The molecule has 0 aliphatic carbocycles. The van der Waals surface area contributed by atoms with Crippen molar-refractivity contribution in [3.8, 4) is 23.3 Å². The molecule has 0 spiro atoms. The molecule has 1 amide bonds. The van der Waals surface area contributed by atoms with E-state index in [9.17, 15) is 10.1 Å². The summed E-state index contributed by atoms with van der Waals surface area (Å²) in [6, 6.07) is 12.8. The Bertz CT molecular complexity index is 882. The van der Waals surface area contributed by atoms with Gasteiger partial charge in [-0.3, -0.25) is 4.79 Å². The summed E-state index contributed by atoms with van der Waals surface area (Å²) < 4.78 is 15.8. The van der Waals surface area contributed by atoms with Crippen LogP contribution < -0.4 is 19.5 Å². The summed E-state index contributed by atoms with van der Waals surface area (Å²) in [7, 11) is 4.63. The van der Waals surface area contributed by atoms with Gasteiger partial charge in [-0.05, 0) is 47.5 Å². The molecule has 134 valence electrons. The van der Waals surface area contributed by atoms with Gasteiger partial charge in [-0.2, -0.15) is 5.26 Å². The van der Waals surface area contributed by atoms with Gasteiger partial charge in [-0.15, -0.1) is 0 Å². The summed E-state index contributed by atoms with van der Waals surface area (Å²) in [5, 5.41) is 12.3. The van der Waals surface area contributed by atoms with Gasteiger partial charge in [-0.1, -0.05) is 6.07 Å². The molecule has 6 nitrogen and oxygen atoms in total. The Kier molecular flexibility index (Phi) is 6.23. The van der Waals surface area contributed by atoms with Crippen molar-refractivity contribution in [2.45, 2.75) is 6.92 Å². The van der Waals surface area contributed by atoms with Crippen LogP contribution in [-0.4, -0.2) is 27.2 Å². The highest BCUT2D eigenvalue weighted by Crippen LogP contribution is 2.32. The number of hydrogen-bond donors (Lipinski definition) is 1. The number of nitrogens with zero attached hydrogens (tertiary/aromatic N) is 1. The molecule has 26 heavy (non-hydrogen) atoms. The topological polar surface area (TPSA) is 80.6 Å². The third-order valence-corrected chi connectivity index (χ3v) is 3.66. The second-order valence-corrected chi connectivity index (χ2v) is 5.38. The van der Waals surface area contributed by atoms with Crippen molar-refractivity contribution in [3.05, 3.63) is 47.5 Å². The highest BCUT2D eigenvalue weighted by atomic mass is 16.5. The number of rotatable bonds is 6. The number of nitriles is 1. The normalized spacial score (nSPS) is 10.7. The van der Waals surface area contributed by atoms with E-state index in [1.807, 2.05) is 6.07 Å². The summed E-state index contributed by atoms with van der Waals surface area (Å²) in [5.41, 5.74) is 2.44. The number of amides is 1. The van der Waals surface area contributed by atoms with Crippen LogP contribution in [0.2, 0.25) is 0 Å². The monoisotopic (exact) mass is 352 g/mol. The molecule has 2 aromatic carbocycles. The smallest absolute Gasteiger partial charge is 0.221 e. The van der Waals surface area contributed by atoms with Crippen LogP contribution in [0.3, 0.4) is 0 Å². The van der Waals surface area contributed by atoms with Crippen LogP contribution in [0.1, 0.15) is 18.1 Å². The third-order valence-electron chi connectivity index (χ3n) is 3.66. The maximum absolute atomic E-state index is 11.4. The minimum atomic E-state index is -0.204. The number of methoxy groups -OCH3 is 3. The fraction of sp³-hybridized carbons (Fsp3) is 0.200. The van der Waals surface area contributed by atoms with Gasteiger partial charge in [0.2, 0.25) is 5.91 Å². The lowest BCUT2D eigenvalue weighted by molar-refractivity contribution is -0.114. The summed E-state index contributed by atoms with van der Waals surface area (Å²) in [6.07, 6.45) is 1.73. The first-order chi connectivity index (χ1) is 12.5. The minimum absolute atomic E-state index is 0.204. The molecule has 0 heterocycles. The fourth-order valence-electron chi connectivity index (χ4n) is 2.45. The first kappa shape index (κ1) is 18.9. The number of anilines is 1. The number of carbonyl (C=O) groups excluding carboxylic acids is 1. The van der Waals surface area contributed by atoms with Gasteiger partial charge >= 0.3 is 0 Å². The Morgan fingerprint density at radius 1 is 1.00 bits per heavy atom. The molecule has 2 rings (SSSR count). The van der Waals surface area contributed by atoms with Crippen LogP contribution in [0, 0.1) is 11.3 Å². The van der Waals surface area contributed by atoms with E-state index in [1.165, 1.54) is 14.0 Å². The van der Waals surface area contributed by atoms with Gasteiger partial charge in [0, 0.05) is 6.92 Å². The van der Waals surface area contributed by atoms with Crippen LogP contribution >= 0.6 is 0 Å². The van der Waals surface area contributed by atoms with E-state index in [0.29, 0.717) is 34.1 Å². The van der Waals surface area contributed by atoms with Gasteiger partial charge in [0.05, 0.1) is 38.7 Å². The van der Waals surface area contributed by atoms with Crippen molar-refractivity contribution in [2.75, 3.05) is 26.6 Å². The number of carbonyl (C=O) groups is 1. The molecule has 2 aromatic rings. The summed E-state index contributed by atoms with van der Waals surface area (Å²) in [5.74, 6) is 1.47. The molecule has 0 unspecified atom stereocenters. The Morgan fingerprint density at radius 3 is 2.23 bits per heavy atom. The standard InChI is InChI=1S/C20H20N2O4/c1-13(23)22-17-10-14(5-7-18(17)24-2)9-16(12-21)15-6-8-19(25-3)20(11-15)26-4/h5-11H,1-4H3,(H,22,23). The fourth-order valence-corrected chi connectivity index (χ4v) is 2.45. The van der Waals surface area contributed by atoms with E-state index in [2.05, 4.69) is 11.4 Å². The van der Waals surface area contributed by atoms with Crippen LogP contribution in [0.5, 0.6) is 17.2 Å². The predicted octanol–water partition coefficient (Wildman–Crippen LogP) is 3.73. The molecule has 0 aromatic heterocycles. The predicted molar refractivity (Wildman–Crippen MR) is 100 cm³/mol. The maximum atomic E-state index is 11.4. The molecule has 0 atom stereocenters. The maximum Gasteiger partial charge on any atom is 0.221 e. The third kappa shape index (κ3) is 4.33. The molecule has 6 heteroatoms. The van der Waals surface area contributed by atoms with E-state index >= 15 is 0 Å². The highest BCUT2D eigenvalue weighted by molar-refractivity contribution is 5.93. The van der Waals surface area contributed by atoms with Gasteiger partial charge < -0.3 is 19.5 Å². The van der Waals surface area contributed by atoms with E-state index in [-0.39, 0.29) is 5.91 Å². The first-order valence-corrected chi connectivity index (χ1v) is 7.82. The minimum Gasteiger partial charge on any atom is -0.495 e. The molecule has 0 aliphatic rings. The van der Waals surface area contributed by atoms with Gasteiger partial charge in [0.1, 0.15) is 5.75 Å². The van der Waals surface area contributed by atoms with Crippen molar-refractivity contribution < 1.29 is 19.0 Å². The Balaban J connectivity index is 2.46. The van der Waals surface area contributed by atoms with Crippen molar-refractivity contribution in [1.82, 2.24) is 0 Å². The molecular weight excluding hydrogens is 332 g/mol. The van der Waals surface area contributed by atoms with Crippen LogP contribution in [0.25, 0.3) is 11.6 Å². The average molecular weight is 352 g/mol. The number of allylic oxidation sites excluding steroid dienone is 1. The molecule has 0 saturated heterocycles. The Labute approximate surface area is 152 Å². The molecule has 0 bridgehead atoms. The van der Waals surface area contributed by atoms with Crippen LogP contribution in [-0.2, 0) is 4.79 Å². The lowest BCUT2D eigenvalue weighted by atomic mass is 10.0. The SMILES string of the molecule is COc1ccc(C=C(C#N)c2ccc(OC)c(OC)c2)cc1NC(C)=O. The van der Waals surface area contributed by atoms with E-state index in [4.69, 9.17) is 14.2 Å². The number of hydrogen-bond acceptors (Lipinski definition) is 5. The van der Waals surface area contributed by atoms with E-state index in [1.54, 1.807) is 50.6 Å². The van der Waals surface area contributed by atoms with Crippen molar-refractivity contribution in [1.29, 1.82) is 5.26 Å². The van der Waals surface area contributed by atoms with Crippen LogP contribution in [0.4, 0.5) is 5.69 Å². The van der Waals surface area contributed by atoms with E-state index in [0.717, 1.165) is 5.56 Å². The average Bonchev–Trinajstić information content (AvgIpc) is 2.65. The molecule has 1 N–H and O–H groups in total. The molecular formula is C20H20N2O4. The second kappa shape index (κ2) is 8.58. The number of benzene rings is 2. The van der Waals surface area contributed by atoms with E-state index < -0.39 is 0 Å². The Hall–Kier alpha value is -3.46. The van der Waals surface area contributed by atoms with Crippen molar-refractivity contribution >= 4 is 23.2 Å². The van der Waals surface area contributed by atoms with Gasteiger partial charge in [-0.25, -0.2) is 0 Å². The molecule has 0 radical (unpaired) electrons. The zero-order valence-electron chi connectivity index (χ0n) is 15.1. The molecule has 0 fully saturated rings. The quantitative estimate of drug-likeness (QED) is 0.633. The zero-order chi connectivity index (χ0) is 19.1. The molecule has 0 aliphatic heterocycles. The summed E-state index contributed by atoms with van der Waals surface area (Å²) in [4.78, 5) is 11.4. The zero-order valence-corrected chi connectivity index (χ0v) is 15.1.